The van der Waals surface area contributed by atoms with Crippen molar-refractivity contribution in [3.63, 3.8) is 0 Å². The first-order chi connectivity index (χ1) is 7.65. The van der Waals surface area contributed by atoms with E-state index in [-0.39, 0.29) is 5.70 Å². The number of rotatable bonds is 2. The summed E-state index contributed by atoms with van der Waals surface area (Å²) in [6, 6.07) is 0. The second kappa shape index (κ2) is 4.12. The average Bonchev–Trinajstić information content (AvgIpc) is 2.81. The number of nitrogens with zero attached hydrogens (tertiary/aromatic N) is 1. The van der Waals surface area contributed by atoms with Crippen molar-refractivity contribution in [2.45, 2.75) is 20.3 Å². The monoisotopic (exact) mass is 220 g/mol. The fraction of sp³-hybridized carbons (Fsp3) is 0.500. The number of fused-ring (bicyclic) bond motifs is 1. The molecule has 0 amide bonds. The van der Waals surface area contributed by atoms with Crippen LogP contribution in [0.5, 0.6) is 0 Å². The van der Waals surface area contributed by atoms with Crippen LogP contribution >= 0.6 is 0 Å². The Kier molecular flexibility index (Phi) is 2.81. The molecule has 0 spiro atoms. The van der Waals surface area contributed by atoms with Gasteiger partial charge in [-0.25, -0.2) is 4.79 Å². The second-order valence-corrected chi connectivity index (χ2v) is 4.40. The molecule has 4 nitrogen and oxygen atoms in total. The van der Waals surface area contributed by atoms with Crippen molar-refractivity contribution in [2.75, 3.05) is 0 Å². The first-order valence-corrected chi connectivity index (χ1v) is 5.50. The maximum atomic E-state index is 10.9. The van der Waals surface area contributed by atoms with Crippen molar-refractivity contribution in [2.24, 2.45) is 22.9 Å². The van der Waals surface area contributed by atoms with E-state index in [9.17, 15) is 4.79 Å². The van der Waals surface area contributed by atoms with E-state index in [0.29, 0.717) is 17.8 Å². The second-order valence-electron chi connectivity index (χ2n) is 4.40. The van der Waals surface area contributed by atoms with Gasteiger partial charge in [-0.2, -0.15) is 5.10 Å². The summed E-state index contributed by atoms with van der Waals surface area (Å²) in [5, 5.41) is 13.0. The lowest BCUT2D eigenvalue weighted by atomic mass is 10.1. The van der Waals surface area contributed by atoms with Gasteiger partial charge in [0.2, 0.25) is 0 Å². The van der Waals surface area contributed by atoms with Crippen LogP contribution in [-0.4, -0.2) is 17.3 Å². The van der Waals surface area contributed by atoms with E-state index in [0.717, 1.165) is 12.0 Å². The van der Waals surface area contributed by atoms with Crippen LogP contribution in [0.4, 0.5) is 0 Å². The molecule has 0 radical (unpaired) electrons. The Hall–Kier alpha value is -1.58. The molecule has 0 aromatic carbocycles. The fourth-order valence-corrected chi connectivity index (χ4v) is 2.37. The van der Waals surface area contributed by atoms with E-state index >= 15 is 0 Å². The molecule has 0 bridgehead atoms. The third-order valence-corrected chi connectivity index (χ3v) is 3.31. The zero-order valence-corrected chi connectivity index (χ0v) is 9.47. The highest BCUT2D eigenvalue weighted by Gasteiger charge is 2.47. The molecule has 1 aliphatic carbocycles. The minimum atomic E-state index is -0.934. The number of hydrogen-bond donors (Lipinski definition) is 2. The van der Waals surface area contributed by atoms with Gasteiger partial charge in [0, 0.05) is 12.1 Å². The summed E-state index contributed by atoms with van der Waals surface area (Å²) in [7, 11) is 0. The molecule has 86 valence electrons. The number of carboxylic acid groups (broad SMARTS) is 1. The third-order valence-electron chi connectivity index (χ3n) is 3.31. The van der Waals surface area contributed by atoms with Crippen molar-refractivity contribution in [1.29, 1.82) is 0 Å². The van der Waals surface area contributed by atoms with Gasteiger partial charge in [0.25, 0.3) is 0 Å². The molecule has 0 aromatic heterocycles. The molecule has 1 fully saturated rings. The summed E-state index contributed by atoms with van der Waals surface area (Å²) >= 11 is 0. The van der Waals surface area contributed by atoms with E-state index < -0.39 is 5.97 Å². The van der Waals surface area contributed by atoms with E-state index in [1.807, 2.05) is 26.1 Å². The van der Waals surface area contributed by atoms with Crippen molar-refractivity contribution in [3.8, 4) is 0 Å². The maximum Gasteiger partial charge on any atom is 0.353 e. The molecule has 1 heterocycles. The fourth-order valence-electron chi connectivity index (χ4n) is 2.37. The van der Waals surface area contributed by atoms with Gasteiger partial charge in [-0.3, -0.25) is 5.43 Å². The molecule has 1 aliphatic heterocycles. The summed E-state index contributed by atoms with van der Waals surface area (Å²) in [4.78, 5) is 10.9. The molecular weight excluding hydrogens is 204 g/mol. The Balaban J connectivity index is 2.18. The lowest BCUT2D eigenvalue weighted by Crippen LogP contribution is -2.18. The Labute approximate surface area is 94.7 Å². The number of carboxylic acids is 1. The van der Waals surface area contributed by atoms with E-state index in [2.05, 4.69) is 16.6 Å². The highest BCUT2D eigenvalue weighted by atomic mass is 16.4. The molecule has 0 saturated heterocycles. The molecule has 2 N–H and O–H groups in total. The number of hydrogen-bond acceptors (Lipinski definition) is 3. The average molecular weight is 220 g/mol. The summed E-state index contributed by atoms with van der Waals surface area (Å²) in [6.45, 7) is 3.87. The van der Waals surface area contributed by atoms with Crippen LogP contribution in [0.1, 0.15) is 20.3 Å². The van der Waals surface area contributed by atoms with Crippen LogP contribution in [0.15, 0.2) is 28.5 Å². The van der Waals surface area contributed by atoms with Gasteiger partial charge < -0.3 is 5.11 Å². The van der Waals surface area contributed by atoms with Gasteiger partial charge in [-0.1, -0.05) is 12.2 Å². The zero-order chi connectivity index (χ0) is 11.7. The van der Waals surface area contributed by atoms with Crippen LogP contribution in [0.3, 0.4) is 0 Å². The van der Waals surface area contributed by atoms with E-state index in [1.54, 1.807) is 0 Å². The van der Waals surface area contributed by atoms with Gasteiger partial charge in [0.1, 0.15) is 5.70 Å². The molecule has 0 aromatic rings. The summed E-state index contributed by atoms with van der Waals surface area (Å²) in [5.74, 6) is 0.584. The van der Waals surface area contributed by atoms with Gasteiger partial charge in [-0.15, -0.1) is 0 Å². The summed E-state index contributed by atoms with van der Waals surface area (Å²) in [6.07, 6.45) is 6.90. The lowest BCUT2D eigenvalue weighted by Gasteiger charge is -2.09. The Bertz CT molecular complexity index is 392. The van der Waals surface area contributed by atoms with Crippen molar-refractivity contribution >= 4 is 12.2 Å². The molecule has 1 saturated carbocycles. The van der Waals surface area contributed by atoms with Crippen LogP contribution in [0.2, 0.25) is 0 Å². The molecular formula is C12H16N2O2. The van der Waals surface area contributed by atoms with Crippen molar-refractivity contribution < 1.29 is 9.90 Å². The molecule has 4 heteroatoms. The number of nitrogens with one attached hydrogen (secondary N) is 1. The number of carbonyl (C=O) groups is 1. The number of allylic oxidation sites excluding steroid dienone is 3. The van der Waals surface area contributed by atoms with Gasteiger partial charge in [-0.05, 0) is 37.7 Å². The zero-order valence-electron chi connectivity index (χ0n) is 9.47. The lowest BCUT2D eigenvalue weighted by molar-refractivity contribution is -0.133. The molecule has 2 rings (SSSR count). The normalized spacial score (nSPS) is 39.5. The molecule has 2 aliphatic rings. The maximum absolute atomic E-state index is 10.9. The van der Waals surface area contributed by atoms with Gasteiger partial charge in [0.05, 0.1) is 0 Å². The highest BCUT2D eigenvalue weighted by Crippen LogP contribution is 2.50. The van der Waals surface area contributed by atoms with E-state index in [4.69, 9.17) is 5.11 Å². The standard InChI is InChI=1S/C12H16N2O2/c1-3-4-8-9-5-7(2)11(12(15)16)14-13-6-10(8)9/h3-4,6,8-10,14H,5H2,1-2H3,(H,15,16)/b4-3+,11-7+,13-6+. The van der Waals surface area contributed by atoms with Gasteiger partial charge >= 0.3 is 5.97 Å². The topological polar surface area (TPSA) is 61.7 Å². The highest BCUT2D eigenvalue weighted by molar-refractivity contribution is 5.87. The van der Waals surface area contributed by atoms with E-state index in [1.165, 1.54) is 0 Å². The quantitative estimate of drug-likeness (QED) is 0.697. The smallest absolute Gasteiger partial charge is 0.353 e. The predicted octanol–water partition coefficient (Wildman–Crippen LogP) is 1.76. The van der Waals surface area contributed by atoms with Crippen LogP contribution in [0.25, 0.3) is 0 Å². The van der Waals surface area contributed by atoms with Crippen molar-refractivity contribution in [1.82, 2.24) is 5.43 Å². The van der Waals surface area contributed by atoms with Crippen LogP contribution < -0.4 is 5.43 Å². The summed E-state index contributed by atoms with van der Waals surface area (Å²) in [5.41, 5.74) is 3.72. The minimum absolute atomic E-state index is 0.223. The third kappa shape index (κ3) is 1.87. The SMILES string of the molecule is C/C=C/C1C2/C=N/N/C(C(=O)O)=C(\C)CC12. The van der Waals surface area contributed by atoms with Crippen LogP contribution in [-0.2, 0) is 4.79 Å². The molecule has 3 atom stereocenters. The van der Waals surface area contributed by atoms with Crippen LogP contribution in [0, 0.1) is 17.8 Å². The van der Waals surface area contributed by atoms with Gasteiger partial charge in [0.15, 0.2) is 0 Å². The molecule has 3 unspecified atom stereocenters. The predicted molar refractivity (Wildman–Crippen MR) is 61.9 cm³/mol. The Morgan fingerprint density at radius 1 is 1.69 bits per heavy atom. The number of hydrazone groups is 1. The Morgan fingerprint density at radius 3 is 3.06 bits per heavy atom. The minimum Gasteiger partial charge on any atom is -0.477 e. The summed E-state index contributed by atoms with van der Waals surface area (Å²) < 4.78 is 0. The first-order valence-electron chi connectivity index (χ1n) is 5.50. The largest absolute Gasteiger partial charge is 0.477 e. The Morgan fingerprint density at radius 2 is 2.44 bits per heavy atom. The number of aliphatic carboxylic acids is 1. The first kappa shape index (κ1) is 10.9. The molecule has 16 heavy (non-hydrogen) atoms. The van der Waals surface area contributed by atoms with Crippen molar-refractivity contribution in [3.05, 3.63) is 23.4 Å².